The van der Waals surface area contributed by atoms with Gasteiger partial charge >= 0.3 is 6.03 Å². The van der Waals surface area contributed by atoms with Gasteiger partial charge in [-0.1, -0.05) is 18.2 Å². The van der Waals surface area contributed by atoms with E-state index >= 15 is 0 Å². The zero-order valence-corrected chi connectivity index (χ0v) is 17.4. The number of urea groups is 1. The number of aromatic nitrogens is 2. The van der Waals surface area contributed by atoms with Gasteiger partial charge in [-0.15, -0.1) is 0 Å². The largest absolute Gasteiger partial charge is 0.355 e. The quantitative estimate of drug-likeness (QED) is 0.772. The highest BCUT2D eigenvalue weighted by Crippen LogP contribution is 2.17. The lowest BCUT2D eigenvalue weighted by Gasteiger charge is -2.34. The van der Waals surface area contributed by atoms with Gasteiger partial charge in [-0.3, -0.25) is 9.69 Å². The SMILES string of the molecule is CCNC(=O)CN1CCN(C(=O)NCc2c(C)nn(-c3ccccc3)c2C)CC1. The van der Waals surface area contributed by atoms with Crippen LogP contribution in [-0.4, -0.2) is 70.8 Å². The first kappa shape index (κ1) is 20.9. The Morgan fingerprint density at radius 3 is 2.38 bits per heavy atom. The number of nitrogens with zero attached hydrogens (tertiary/aromatic N) is 4. The highest BCUT2D eigenvalue weighted by atomic mass is 16.2. The summed E-state index contributed by atoms with van der Waals surface area (Å²) in [5.41, 5.74) is 3.99. The van der Waals surface area contributed by atoms with Gasteiger partial charge in [0.15, 0.2) is 0 Å². The molecule has 1 saturated heterocycles. The lowest BCUT2D eigenvalue weighted by molar-refractivity contribution is -0.122. The number of para-hydroxylation sites is 1. The first-order chi connectivity index (χ1) is 14.0. The van der Waals surface area contributed by atoms with Crippen LogP contribution in [0.2, 0.25) is 0 Å². The minimum atomic E-state index is -0.0751. The van der Waals surface area contributed by atoms with Crippen molar-refractivity contribution >= 4 is 11.9 Å². The summed E-state index contributed by atoms with van der Waals surface area (Å²) in [5.74, 6) is 0.0341. The molecule has 1 aromatic heterocycles. The minimum absolute atomic E-state index is 0.0341. The third-order valence-electron chi connectivity index (χ3n) is 5.26. The molecule has 0 radical (unpaired) electrons. The number of benzene rings is 1. The summed E-state index contributed by atoms with van der Waals surface area (Å²) in [4.78, 5) is 28.2. The zero-order chi connectivity index (χ0) is 20.8. The highest BCUT2D eigenvalue weighted by molar-refractivity contribution is 5.78. The minimum Gasteiger partial charge on any atom is -0.355 e. The average molecular weight is 399 g/mol. The molecular weight excluding hydrogens is 368 g/mol. The predicted octanol–water partition coefficient (Wildman–Crippen LogP) is 1.45. The summed E-state index contributed by atoms with van der Waals surface area (Å²) < 4.78 is 1.91. The molecule has 8 nitrogen and oxygen atoms in total. The third-order valence-corrected chi connectivity index (χ3v) is 5.26. The average Bonchev–Trinajstić information content (AvgIpc) is 3.01. The molecule has 2 aromatic rings. The Morgan fingerprint density at radius 1 is 1.03 bits per heavy atom. The first-order valence-corrected chi connectivity index (χ1v) is 10.1. The molecule has 0 aliphatic carbocycles. The van der Waals surface area contributed by atoms with E-state index in [1.165, 1.54) is 0 Å². The number of amides is 3. The second-order valence-electron chi connectivity index (χ2n) is 7.27. The molecule has 0 unspecified atom stereocenters. The molecule has 1 fully saturated rings. The van der Waals surface area contributed by atoms with Gasteiger partial charge < -0.3 is 15.5 Å². The Morgan fingerprint density at radius 2 is 1.72 bits per heavy atom. The number of likely N-dealkylation sites (N-methyl/N-ethyl adjacent to an activating group) is 1. The summed E-state index contributed by atoms with van der Waals surface area (Å²) in [5, 5.41) is 10.5. The van der Waals surface area contributed by atoms with Crippen molar-refractivity contribution in [2.45, 2.75) is 27.3 Å². The third kappa shape index (κ3) is 5.14. The molecule has 8 heteroatoms. The van der Waals surface area contributed by atoms with Gasteiger partial charge in [0.25, 0.3) is 0 Å². The van der Waals surface area contributed by atoms with Crippen LogP contribution in [0.4, 0.5) is 4.79 Å². The number of hydrogen-bond donors (Lipinski definition) is 2. The number of carbonyl (C=O) groups excluding carboxylic acids is 2. The maximum Gasteiger partial charge on any atom is 0.317 e. The summed E-state index contributed by atoms with van der Waals surface area (Å²) in [6, 6.07) is 9.91. The maximum absolute atomic E-state index is 12.6. The Balaban J connectivity index is 1.53. The Bertz CT molecular complexity index is 840. The summed E-state index contributed by atoms with van der Waals surface area (Å²) in [7, 11) is 0. The van der Waals surface area contributed by atoms with Crippen molar-refractivity contribution in [2.75, 3.05) is 39.3 Å². The molecule has 3 amide bonds. The first-order valence-electron chi connectivity index (χ1n) is 10.1. The number of piperazine rings is 1. The molecule has 29 heavy (non-hydrogen) atoms. The molecule has 0 bridgehead atoms. The number of carbonyl (C=O) groups is 2. The zero-order valence-electron chi connectivity index (χ0n) is 17.4. The van der Waals surface area contributed by atoms with Gasteiger partial charge in [-0.2, -0.15) is 5.10 Å². The lowest BCUT2D eigenvalue weighted by atomic mass is 10.2. The Hall–Kier alpha value is -2.87. The van der Waals surface area contributed by atoms with Crippen LogP contribution >= 0.6 is 0 Å². The molecule has 0 saturated carbocycles. The molecule has 0 atom stereocenters. The van der Waals surface area contributed by atoms with Crippen molar-refractivity contribution in [3.05, 3.63) is 47.3 Å². The normalized spacial score (nSPS) is 14.7. The predicted molar refractivity (Wildman–Crippen MR) is 112 cm³/mol. The Labute approximate surface area is 171 Å². The van der Waals surface area contributed by atoms with E-state index in [-0.39, 0.29) is 11.9 Å². The van der Waals surface area contributed by atoms with Crippen molar-refractivity contribution in [1.29, 1.82) is 0 Å². The summed E-state index contributed by atoms with van der Waals surface area (Å²) in [6.45, 7) is 10.0. The van der Waals surface area contributed by atoms with E-state index < -0.39 is 0 Å². The van der Waals surface area contributed by atoms with Crippen LogP contribution in [0.15, 0.2) is 30.3 Å². The van der Waals surface area contributed by atoms with E-state index in [2.05, 4.69) is 20.6 Å². The van der Waals surface area contributed by atoms with E-state index in [9.17, 15) is 9.59 Å². The van der Waals surface area contributed by atoms with Crippen LogP contribution in [-0.2, 0) is 11.3 Å². The van der Waals surface area contributed by atoms with Crippen molar-refractivity contribution < 1.29 is 9.59 Å². The number of nitrogens with one attached hydrogen (secondary N) is 2. The second-order valence-corrected chi connectivity index (χ2v) is 7.27. The van der Waals surface area contributed by atoms with E-state index in [4.69, 9.17) is 0 Å². The molecular formula is C21H30N6O2. The molecule has 1 aliphatic rings. The van der Waals surface area contributed by atoms with Gasteiger partial charge in [-0.05, 0) is 32.9 Å². The maximum atomic E-state index is 12.6. The lowest BCUT2D eigenvalue weighted by Crippen LogP contribution is -2.53. The van der Waals surface area contributed by atoms with Gasteiger partial charge in [0.2, 0.25) is 5.91 Å². The molecule has 1 aliphatic heterocycles. The van der Waals surface area contributed by atoms with E-state index in [0.717, 1.165) is 22.6 Å². The number of aryl methyl sites for hydroxylation is 1. The molecule has 2 N–H and O–H groups in total. The fourth-order valence-corrected chi connectivity index (χ4v) is 3.59. The highest BCUT2D eigenvalue weighted by Gasteiger charge is 2.23. The van der Waals surface area contributed by atoms with Crippen LogP contribution in [0.3, 0.4) is 0 Å². The van der Waals surface area contributed by atoms with Crippen LogP contribution in [0.1, 0.15) is 23.9 Å². The van der Waals surface area contributed by atoms with Crippen molar-refractivity contribution in [3.8, 4) is 5.69 Å². The molecule has 0 spiro atoms. The molecule has 2 heterocycles. The van der Waals surface area contributed by atoms with Gasteiger partial charge in [0.05, 0.1) is 17.9 Å². The van der Waals surface area contributed by atoms with E-state index in [1.807, 2.05) is 55.8 Å². The van der Waals surface area contributed by atoms with E-state index in [1.54, 1.807) is 4.90 Å². The van der Waals surface area contributed by atoms with Crippen LogP contribution in [0.25, 0.3) is 5.69 Å². The summed E-state index contributed by atoms with van der Waals surface area (Å²) >= 11 is 0. The van der Waals surface area contributed by atoms with Crippen molar-refractivity contribution in [1.82, 2.24) is 30.2 Å². The molecule has 3 rings (SSSR count). The summed E-state index contributed by atoms with van der Waals surface area (Å²) in [6.07, 6.45) is 0. The molecule has 1 aromatic carbocycles. The standard InChI is InChI=1S/C21H30N6O2/c1-4-22-20(28)15-25-10-12-26(13-11-25)21(29)23-14-19-16(2)24-27(17(19)3)18-8-6-5-7-9-18/h5-9H,4,10-15H2,1-3H3,(H,22,28)(H,23,29). The van der Waals surface area contributed by atoms with Gasteiger partial charge in [-0.25, -0.2) is 9.48 Å². The fraction of sp³-hybridized carbons (Fsp3) is 0.476. The van der Waals surface area contributed by atoms with Crippen molar-refractivity contribution in [3.63, 3.8) is 0 Å². The van der Waals surface area contributed by atoms with Crippen LogP contribution < -0.4 is 10.6 Å². The van der Waals surface area contributed by atoms with Gasteiger partial charge in [0, 0.05) is 50.5 Å². The van der Waals surface area contributed by atoms with E-state index in [0.29, 0.717) is 45.8 Å². The Kier molecular flexibility index (Phi) is 6.87. The fourth-order valence-electron chi connectivity index (χ4n) is 3.59. The second kappa shape index (κ2) is 9.56. The number of rotatable bonds is 6. The molecule has 156 valence electrons. The van der Waals surface area contributed by atoms with Crippen LogP contribution in [0.5, 0.6) is 0 Å². The number of hydrogen-bond acceptors (Lipinski definition) is 4. The van der Waals surface area contributed by atoms with Crippen molar-refractivity contribution in [2.24, 2.45) is 0 Å². The topological polar surface area (TPSA) is 82.5 Å². The van der Waals surface area contributed by atoms with Gasteiger partial charge in [0.1, 0.15) is 0 Å². The smallest absolute Gasteiger partial charge is 0.317 e. The monoisotopic (exact) mass is 398 g/mol. The van der Waals surface area contributed by atoms with Crippen LogP contribution in [0, 0.1) is 13.8 Å².